The molecule has 148 valence electrons. The molecule has 0 spiro atoms. The number of aromatic nitrogens is 4. The van der Waals surface area contributed by atoms with Gasteiger partial charge in [-0.1, -0.05) is 0 Å². The van der Waals surface area contributed by atoms with Crippen LogP contribution in [0.4, 0.5) is 5.82 Å². The van der Waals surface area contributed by atoms with Gasteiger partial charge in [-0.15, -0.1) is 11.8 Å². The number of rotatable bonds is 7. The van der Waals surface area contributed by atoms with Crippen LogP contribution in [0.1, 0.15) is 25.5 Å². The van der Waals surface area contributed by atoms with E-state index in [1.807, 2.05) is 4.72 Å². The Labute approximate surface area is 159 Å². The predicted molar refractivity (Wildman–Crippen MR) is 97.3 cm³/mol. The van der Waals surface area contributed by atoms with Crippen LogP contribution in [0, 0.1) is 5.92 Å². The fraction of sp³-hybridized carbons (Fsp3) is 0.643. The molecule has 2 aromatic rings. The molecule has 1 saturated heterocycles. The van der Waals surface area contributed by atoms with Crippen molar-refractivity contribution >= 4 is 38.9 Å². The van der Waals surface area contributed by atoms with Crippen LogP contribution in [-0.4, -0.2) is 62.3 Å². The van der Waals surface area contributed by atoms with Gasteiger partial charge in [0, 0.05) is 18.7 Å². The zero-order valence-corrected chi connectivity index (χ0v) is 15.9. The highest BCUT2D eigenvalue weighted by atomic mass is 32.2. The van der Waals surface area contributed by atoms with Crippen LogP contribution in [0.3, 0.4) is 0 Å². The van der Waals surface area contributed by atoms with E-state index in [1.54, 1.807) is 16.4 Å². The average Bonchev–Trinajstić information content (AvgIpc) is 3.24. The molecule has 0 amide bonds. The molecule has 0 unspecified atom stereocenters. The molecule has 0 aromatic carbocycles. The summed E-state index contributed by atoms with van der Waals surface area (Å²) in [7, 11) is -4.37. The summed E-state index contributed by atoms with van der Waals surface area (Å²) in [6.07, 6.45) is 1.60. The van der Waals surface area contributed by atoms with E-state index in [-0.39, 0.29) is 13.0 Å². The maximum absolute atomic E-state index is 10.8. The van der Waals surface area contributed by atoms with E-state index in [9.17, 15) is 13.5 Å². The second-order valence-electron chi connectivity index (χ2n) is 6.72. The van der Waals surface area contributed by atoms with Crippen molar-refractivity contribution in [2.45, 2.75) is 42.7 Å². The molecule has 13 heteroatoms. The lowest BCUT2D eigenvalue weighted by molar-refractivity contribution is -0.0190. The number of nitrogen functional groups attached to an aromatic ring is 1. The third-order valence-corrected chi connectivity index (χ3v) is 6.31. The summed E-state index contributed by atoms with van der Waals surface area (Å²) in [6, 6.07) is 0. The van der Waals surface area contributed by atoms with E-state index in [4.69, 9.17) is 15.0 Å². The Morgan fingerprint density at radius 1 is 1.41 bits per heavy atom. The van der Waals surface area contributed by atoms with Gasteiger partial charge in [0.15, 0.2) is 11.9 Å². The molecule has 3 atom stereocenters. The molecular weight excluding hydrogens is 396 g/mol. The molecular formula is C14H20N6O5S2. The summed E-state index contributed by atoms with van der Waals surface area (Å²) in [4.78, 5) is 8.31. The van der Waals surface area contributed by atoms with Gasteiger partial charge in [0.05, 0.1) is 17.6 Å². The monoisotopic (exact) mass is 416 g/mol. The second kappa shape index (κ2) is 7.14. The van der Waals surface area contributed by atoms with Crippen molar-refractivity contribution < 1.29 is 22.8 Å². The molecule has 27 heavy (non-hydrogen) atoms. The van der Waals surface area contributed by atoms with Crippen LogP contribution in [-0.2, 0) is 15.0 Å². The van der Waals surface area contributed by atoms with Gasteiger partial charge in [-0.25, -0.2) is 14.6 Å². The van der Waals surface area contributed by atoms with E-state index in [0.29, 0.717) is 27.8 Å². The van der Waals surface area contributed by atoms with E-state index < -0.39 is 28.7 Å². The van der Waals surface area contributed by atoms with Gasteiger partial charge in [-0.3, -0.25) is 4.55 Å². The molecule has 5 N–H and O–H groups in total. The van der Waals surface area contributed by atoms with Crippen molar-refractivity contribution in [3.8, 4) is 0 Å². The number of aliphatic hydroxyl groups is 1. The lowest BCUT2D eigenvalue weighted by Gasteiger charge is -2.14. The van der Waals surface area contributed by atoms with E-state index in [1.165, 1.54) is 19.2 Å². The fourth-order valence-electron chi connectivity index (χ4n) is 2.98. The van der Waals surface area contributed by atoms with Crippen molar-refractivity contribution in [1.29, 1.82) is 0 Å². The largest absolute Gasteiger partial charge is 0.390 e. The number of hydrogen-bond acceptors (Lipinski definition) is 9. The van der Waals surface area contributed by atoms with Crippen LogP contribution in [0.5, 0.6) is 0 Å². The molecule has 2 aromatic heterocycles. The third-order valence-electron chi connectivity index (χ3n) is 4.58. The van der Waals surface area contributed by atoms with Gasteiger partial charge >= 0.3 is 10.3 Å². The number of nitrogens with zero attached hydrogens (tertiary/aromatic N) is 4. The minimum atomic E-state index is -4.37. The second-order valence-corrected chi connectivity index (χ2v) is 8.96. The quantitative estimate of drug-likeness (QED) is 0.355. The van der Waals surface area contributed by atoms with Crippen LogP contribution >= 0.6 is 11.8 Å². The van der Waals surface area contributed by atoms with Gasteiger partial charge in [-0.2, -0.15) is 18.2 Å². The summed E-state index contributed by atoms with van der Waals surface area (Å²) < 4.78 is 39.7. The SMILES string of the molecule is Nc1ncnc2c1c(SCC1CC1)nn2[C@H]1C[C@H](O)[C@@H](CNS(=O)(=O)O)O1. The van der Waals surface area contributed by atoms with Crippen molar-refractivity contribution in [2.75, 3.05) is 18.0 Å². The summed E-state index contributed by atoms with van der Waals surface area (Å²) >= 11 is 1.59. The number of ether oxygens (including phenoxy) is 1. The number of nitrogens with one attached hydrogen (secondary N) is 1. The lowest BCUT2D eigenvalue weighted by atomic mass is 10.2. The predicted octanol–water partition coefficient (Wildman–Crippen LogP) is -0.0486. The maximum Gasteiger partial charge on any atom is 0.333 e. The van der Waals surface area contributed by atoms with E-state index >= 15 is 0 Å². The van der Waals surface area contributed by atoms with Crippen molar-refractivity contribution in [3.05, 3.63) is 6.33 Å². The first kappa shape index (κ1) is 18.8. The molecule has 2 aliphatic rings. The molecule has 1 aliphatic heterocycles. The van der Waals surface area contributed by atoms with Crippen molar-refractivity contribution in [3.63, 3.8) is 0 Å². The van der Waals surface area contributed by atoms with Gasteiger partial charge in [0.1, 0.15) is 17.2 Å². The zero-order valence-electron chi connectivity index (χ0n) is 14.2. The Balaban J connectivity index is 1.58. The highest BCUT2D eigenvalue weighted by Crippen LogP contribution is 2.39. The molecule has 1 saturated carbocycles. The fourth-order valence-corrected chi connectivity index (χ4v) is 4.57. The Morgan fingerprint density at radius 3 is 2.89 bits per heavy atom. The first-order valence-corrected chi connectivity index (χ1v) is 10.9. The Morgan fingerprint density at radius 2 is 2.19 bits per heavy atom. The molecule has 11 nitrogen and oxygen atoms in total. The molecule has 1 aliphatic carbocycles. The summed E-state index contributed by atoms with van der Waals surface area (Å²) in [6.45, 7) is -0.254. The van der Waals surface area contributed by atoms with E-state index in [2.05, 4.69) is 15.1 Å². The zero-order chi connectivity index (χ0) is 19.2. The standard InChI is InChI=1S/C14H20N6O5S2/c15-12-11-13(17-6-16-12)20(19-14(11)26-5-7-1-2-7)10-3-8(21)9(25-10)4-18-27(22,23)24/h6-10,18,21H,1-5H2,(H2,15,16,17)(H,22,23,24)/t8-,9+,10+/m0/s1. The molecule has 0 bridgehead atoms. The van der Waals surface area contributed by atoms with Gasteiger partial charge in [0.25, 0.3) is 0 Å². The number of aliphatic hydroxyl groups excluding tert-OH is 1. The molecule has 0 radical (unpaired) electrons. The molecule has 2 fully saturated rings. The maximum atomic E-state index is 10.8. The Hall–Kier alpha value is -1.51. The minimum Gasteiger partial charge on any atom is -0.390 e. The first-order chi connectivity index (χ1) is 12.8. The van der Waals surface area contributed by atoms with Crippen molar-refractivity contribution in [2.24, 2.45) is 5.92 Å². The normalized spacial score (nSPS) is 26.1. The first-order valence-electron chi connectivity index (χ1n) is 8.49. The highest BCUT2D eigenvalue weighted by molar-refractivity contribution is 7.99. The van der Waals surface area contributed by atoms with Crippen LogP contribution < -0.4 is 10.5 Å². The number of hydrogen-bond donors (Lipinski definition) is 4. The number of fused-ring (bicyclic) bond motifs is 1. The summed E-state index contributed by atoms with van der Waals surface area (Å²) in [5, 5.41) is 16.1. The minimum absolute atomic E-state index is 0.200. The Kier molecular flexibility index (Phi) is 4.98. The molecule has 4 rings (SSSR count). The summed E-state index contributed by atoms with van der Waals surface area (Å²) in [5.41, 5.74) is 6.53. The van der Waals surface area contributed by atoms with Gasteiger partial charge in [-0.05, 0) is 18.8 Å². The lowest BCUT2D eigenvalue weighted by Crippen LogP contribution is -2.36. The van der Waals surface area contributed by atoms with Gasteiger partial charge < -0.3 is 15.6 Å². The van der Waals surface area contributed by atoms with Crippen LogP contribution in [0.25, 0.3) is 11.0 Å². The third kappa shape index (κ3) is 4.17. The smallest absolute Gasteiger partial charge is 0.333 e. The number of thioether (sulfide) groups is 1. The average molecular weight is 416 g/mol. The summed E-state index contributed by atoms with van der Waals surface area (Å²) in [5.74, 6) is 1.96. The molecule has 3 heterocycles. The number of anilines is 1. The van der Waals surface area contributed by atoms with Crippen molar-refractivity contribution in [1.82, 2.24) is 24.5 Å². The van der Waals surface area contributed by atoms with Crippen LogP contribution in [0.2, 0.25) is 0 Å². The highest BCUT2D eigenvalue weighted by Gasteiger charge is 2.37. The van der Waals surface area contributed by atoms with E-state index in [0.717, 1.165) is 5.75 Å². The van der Waals surface area contributed by atoms with Crippen LogP contribution in [0.15, 0.2) is 11.4 Å². The number of nitrogens with two attached hydrogens (primary N) is 1. The topological polar surface area (TPSA) is 165 Å². The van der Waals surface area contributed by atoms with Gasteiger partial charge in [0.2, 0.25) is 0 Å². The Bertz CT molecular complexity index is 947.